The fourth-order valence-corrected chi connectivity index (χ4v) is 3.47. The van der Waals surface area contributed by atoms with Gasteiger partial charge in [-0.1, -0.05) is 0 Å². The highest BCUT2D eigenvalue weighted by Gasteiger charge is 2.26. The number of piperidine rings is 1. The first kappa shape index (κ1) is 15.2. The number of hydrogen-bond acceptors (Lipinski definition) is 5. The lowest BCUT2D eigenvalue weighted by molar-refractivity contribution is -0.130. The van der Waals surface area contributed by atoms with E-state index in [4.69, 9.17) is 5.73 Å². The van der Waals surface area contributed by atoms with Crippen molar-refractivity contribution >= 4 is 11.7 Å². The van der Waals surface area contributed by atoms with Crippen LogP contribution in [0.25, 0.3) is 0 Å². The molecule has 0 spiro atoms. The van der Waals surface area contributed by atoms with Crippen LogP contribution in [0.1, 0.15) is 43.1 Å². The molecule has 2 aliphatic rings. The summed E-state index contributed by atoms with van der Waals surface area (Å²) in [7, 11) is 0. The van der Waals surface area contributed by atoms with E-state index >= 15 is 0 Å². The van der Waals surface area contributed by atoms with Gasteiger partial charge in [-0.3, -0.25) is 4.79 Å². The van der Waals surface area contributed by atoms with Gasteiger partial charge in [0.25, 0.3) is 0 Å². The molecule has 2 saturated heterocycles. The third kappa shape index (κ3) is 3.21. The molecule has 0 unspecified atom stereocenters. The van der Waals surface area contributed by atoms with E-state index in [9.17, 15) is 4.79 Å². The first-order valence-electron chi connectivity index (χ1n) is 8.25. The Kier molecular flexibility index (Phi) is 4.57. The SMILES string of the molecule is Cc1nc([C@H]2CCCN(C(=O)CN)C2)cc(N2CCCC2)n1. The number of aryl methyl sites for hydroxylation is 1. The van der Waals surface area contributed by atoms with Crippen molar-refractivity contribution in [1.82, 2.24) is 14.9 Å². The molecule has 1 amide bonds. The lowest BCUT2D eigenvalue weighted by Crippen LogP contribution is -2.42. The minimum absolute atomic E-state index is 0.0373. The molecule has 0 radical (unpaired) electrons. The zero-order chi connectivity index (χ0) is 15.5. The average Bonchev–Trinajstić information content (AvgIpc) is 3.08. The summed E-state index contributed by atoms with van der Waals surface area (Å²) in [6.07, 6.45) is 4.56. The molecule has 3 rings (SSSR count). The van der Waals surface area contributed by atoms with Gasteiger partial charge in [0, 0.05) is 38.2 Å². The number of anilines is 1. The Hall–Kier alpha value is -1.69. The summed E-state index contributed by atoms with van der Waals surface area (Å²) in [6, 6.07) is 2.12. The predicted molar refractivity (Wildman–Crippen MR) is 85.8 cm³/mol. The van der Waals surface area contributed by atoms with Crippen molar-refractivity contribution in [2.24, 2.45) is 5.73 Å². The molecule has 2 fully saturated rings. The maximum Gasteiger partial charge on any atom is 0.236 e. The Morgan fingerprint density at radius 1 is 1.27 bits per heavy atom. The summed E-state index contributed by atoms with van der Waals surface area (Å²) in [4.78, 5) is 25.3. The van der Waals surface area contributed by atoms with Gasteiger partial charge >= 0.3 is 0 Å². The highest BCUT2D eigenvalue weighted by Crippen LogP contribution is 2.28. The quantitative estimate of drug-likeness (QED) is 0.903. The molecule has 0 aliphatic carbocycles. The van der Waals surface area contributed by atoms with Crippen molar-refractivity contribution in [3.8, 4) is 0 Å². The molecule has 1 aromatic heterocycles. The van der Waals surface area contributed by atoms with E-state index < -0.39 is 0 Å². The van der Waals surface area contributed by atoms with Gasteiger partial charge in [0.1, 0.15) is 11.6 Å². The third-order valence-electron chi connectivity index (χ3n) is 4.64. The maximum absolute atomic E-state index is 11.8. The van der Waals surface area contributed by atoms with Gasteiger partial charge in [-0.2, -0.15) is 0 Å². The summed E-state index contributed by atoms with van der Waals surface area (Å²) in [5.74, 6) is 2.20. The van der Waals surface area contributed by atoms with Gasteiger partial charge in [0.2, 0.25) is 5.91 Å². The van der Waals surface area contributed by atoms with E-state index in [1.165, 1.54) is 12.8 Å². The van der Waals surface area contributed by atoms with Crippen molar-refractivity contribution in [3.05, 3.63) is 17.6 Å². The fraction of sp³-hybridized carbons (Fsp3) is 0.688. The number of nitrogens with two attached hydrogens (primary N) is 1. The van der Waals surface area contributed by atoms with Crippen LogP contribution < -0.4 is 10.6 Å². The Morgan fingerprint density at radius 2 is 2.05 bits per heavy atom. The molecule has 0 saturated carbocycles. The predicted octanol–water partition coefficient (Wildman–Crippen LogP) is 1.05. The molecular weight excluding hydrogens is 278 g/mol. The monoisotopic (exact) mass is 303 g/mol. The molecule has 1 atom stereocenters. The normalized spacial score (nSPS) is 22.2. The Bertz CT molecular complexity index is 541. The van der Waals surface area contributed by atoms with Gasteiger partial charge in [-0.15, -0.1) is 0 Å². The second kappa shape index (κ2) is 6.60. The second-order valence-corrected chi connectivity index (χ2v) is 6.28. The third-order valence-corrected chi connectivity index (χ3v) is 4.64. The number of hydrogen-bond donors (Lipinski definition) is 1. The van der Waals surface area contributed by atoms with E-state index in [2.05, 4.69) is 20.9 Å². The number of rotatable bonds is 3. The van der Waals surface area contributed by atoms with Crippen LogP contribution in [0.2, 0.25) is 0 Å². The lowest BCUT2D eigenvalue weighted by Gasteiger charge is -2.32. The van der Waals surface area contributed by atoms with Crippen LogP contribution in [-0.2, 0) is 4.79 Å². The highest BCUT2D eigenvalue weighted by atomic mass is 16.2. The molecule has 0 aromatic carbocycles. The van der Waals surface area contributed by atoms with Crippen molar-refractivity contribution < 1.29 is 4.79 Å². The van der Waals surface area contributed by atoms with Crippen LogP contribution in [0.5, 0.6) is 0 Å². The Morgan fingerprint density at radius 3 is 2.77 bits per heavy atom. The van der Waals surface area contributed by atoms with Crippen molar-refractivity contribution in [2.45, 2.75) is 38.5 Å². The molecule has 3 heterocycles. The molecule has 1 aromatic rings. The molecule has 0 bridgehead atoms. The van der Waals surface area contributed by atoms with E-state index in [1.807, 2.05) is 11.8 Å². The lowest BCUT2D eigenvalue weighted by atomic mass is 9.94. The topological polar surface area (TPSA) is 75.3 Å². The average molecular weight is 303 g/mol. The molecule has 6 nitrogen and oxygen atoms in total. The van der Waals surface area contributed by atoms with Crippen LogP contribution in [0.15, 0.2) is 6.07 Å². The molecule has 120 valence electrons. The standard InChI is InChI=1S/C16H25N5O/c1-12-18-14(9-15(19-12)20-6-2-3-7-20)13-5-4-8-21(11-13)16(22)10-17/h9,13H,2-8,10-11,17H2,1H3/t13-/m0/s1. The van der Waals surface area contributed by atoms with Crippen molar-refractivity contribution in [3.63, 3.8) is 0 Å². The van der Waals surface area contributed by atoms with Crippen LogP contribution in [0.4, 0.5) is 5.82 Å². The summed E-state index contributed by atoms with van der Waals surface area (Å²) < 4.78 is 0. The first-order valence-corrected chi connectivity index (χ1v) is 8.25. The number of aromatic nitrogens is 2. The number of amides is 1. The number of carbonyl (C=O) groups is 1. The van der Waals surface area contributed by atoms with Crippen LogP contribution in [0.3, 0.4) is 0 Å². The van der Waals surface area contributed by atoms with E-state index in [-0.39, 0.29) is 12.5 Å². The Labute approximate surface area is 131 Å². The minimum Gasteiger partial charge on any atom is -0.357 e. The van der Waals surface area contributed by atoms with E-state index in [0.717, 1.165) is 56.4 Å². The fourth-order valence-electron chi connectivity index (χ4n) is 3.47. The smallest absolute Gasteiger partial charge is 0.236 e. The maximum atomic E-state index is 11.8. The molecule has 6 heteroatoms. The molecular formula is C16H25N5O. The van der Waals surface area contributed by atoms with Gasteiger partial charge < -0.3 is 15.5 Å². The van der Waals surface area contributed by atoms with Gasteiger partial charge in [-0.25, -0.2) is 9.97 Å². The summed E-state index contributed by atoms with van der Waals surface area (Å²) in [6.45, 7) is 5.75. The first-order chi connectivity index (χ1) is 10.7. The summed E-state index contributed by atoms with van der Waals surface area (Å²) >= 11 is 0. The molecule has 2 aliphatic heterocycles. The minimum atomic E-state index is 0.0373. The van der Waals surface area contributed by atoms with Gasteiger partial charge in [0.05, 0.1) is 12.2 Å². The van der Waals surface area contributed by atoms with Gasteiger partial charge in [-0.05, 0) is 32.6 Å². The molecule has 2 N–H and O–H groups in total. The Balaban J connectivity index is 1.79. The van der Waals surface area contributed by atoms with Gasteiger partial charge in [0.15, 0.2) is 0 Å². The highest BCUT2D eigenvalue weighted by molar-refractivity contribution is 5.78. The second-order valence-electron chi connectivity index (χ2n) is 6.28. The van der Waals surface area contributed by atoms with E-state index in [0.29, 0.717) is 5.92 Å². The van der Waals surface area contributed by atoms with E-state index in [1.54, 1.807) is 0 Å². The zero-order valence-corrected chi connectivity index (χ0v) is 13.3. The number of carbonyl (C=O) groups excluding carboxylic acids is 1. The zero-order valence-electron chi connectivity index (χ0n) is 13.3. The van der Waals surface area contributed by atoms with Crippen LogP contribution >= 0.6 is 0 Å². The molecule has 22 heavy (non-hydrogen) atoms. The van der Waals surface area contributed by atoms with Crippen molar-refractivity contribution in [2.75, 3.05) is 37.6 Å². The number of nitrogens with zero attached hydrogens (tertiary/aromatic N) is 4. The summed E-state index contributed by atoms with van der Waals surface area (Å²) in [5, 5.41) is 0. The van der Waals surface area contributed by atoms with Crippen LogP contribution in [-0.4, -0.2) is 53.5 Å². The van der Waals surface area contributed by atoms with Crippen LogP contribution in [0, 0.1) is 6.92 Å². The number of likely N-dealkylation sites (tertiary alicyclic amines) is 1. The van der Waals surface area contributed by atoms with Crippen molar-refractivity contribution in [1.29, 1.82) is 0 Å². The largest absolute Gasteiger partial charge is 0.357 e. The summed E-state index contributed by atoms with van der Waals surface area (Å²) in [5.41, 5.74) is 6.57.